The summed E-state index contributed by atoms with van der Waals surface area (Å²) in [7, 11) is 1.77. The minimum atomic E-state index is 0. The Morgan fingerprint density at radius 3 is 2.50 bits per heavy atom. The third-order valence-electron chi connectivity index (χ3n) is 4.61. The quantitative estimate of drug-likeness (QED) is 0.267. The van der Waals surface area contributed by atoms with Crippen LogP contribution in [0.25, 0.3) is 0 Å². The minimum absolute atomic E-state index is 0. The van der Waals surface area contributed by atoms with Crippen molar-refractivity contribution in [1.29, 1.82) is 0 Å². The van der Waals surface area contributed by atoms with Crippen molar-refractivity contribution in [2.24, 2.45) is 4.99 Å². The lowest BCUT2D eigenvalue weighted by Crippen LogP contribution is -2.38. The second kappa shape index (κ2) is 11.7. The van der Waals surface area contributed by atoms with Gasteiger partial charge in [-0.3, -0.25) is 4.99 Å². The summed E-state index contributed by atoms with van der Waals surface area (Å²) in [6.07, 6.45) is 4.47. The van der Waals surface area contributed by atoms with E-state index in [0.717, 1.165) is 36.2 Å². The Balaban J connectivity index is 0.00000280. The van der Waals surface area contributed by atoms with Gasteiger partial charge in [0.15, 0.2) is 5.96 Å². The molecule has 0 aliphatic carbocycles. The zero-order chi connectivity index (χ0) is 18.9. The number of guanidine groups is 1. The summed E-state index contributed by atoms with van der Waals surface area (Å²) < 4.78 is 5.72. The zero-order valence-corrected chi connectivity index (χ0v) is 19.0. The van der Waals surface area contributed by atoms with Crippen molar-refractivity contribution < 1.29 is 4.74 Å². The summed E-state index contributed by atoms with van der Waals surface area (Å²) in [6, 6.07) is 12.3. The number of pyridine rings is 1. The molecule has 0 atom stereocenters. The van der Waals surface area contributed by atoms with Crippen LogP contribution in [-0.4, -0.2) is 44.2 Å². The molecule has 28 heavy (non-hydrogen) atoms. The van der Waals surface area contributed by atoms with E-state index in [1.807, 2.05) is 30.5 Å². The molecule has 1 aromatic heterocycles. The van der Waals surface area contributed by atoms with Gasteiger partial charge in [0.2, 0.25) is 0 Å². The smallest absolute Gasteiger partial charge is 0.191 e. The van der Waals surface area contributed by atoms with Crippen molar-refractivity contribution in [3.63, 3.8) is 0 Å². The first kappa shape index (κ1) is 22.3. The number of nitrogens with zero attached hydrogens (tertiary/aromatic N) is 3. The highest BCUT2D eigenvalue weighted by atomic mass is 127. The van der Waals surface area contributed by atoms with Crippen molar-refractivity contribution in [2.75, 3.05) is 38.2 Å². The Hall–Kier alpha value is -2.03. The second-order valence-corrected chi connectivity index (χ2v) is 6.73. The molecule has 0 bridgehead atoms. The van der Waals surface area contributed by atoms with Crippen LogP contribution in [0.1, 0.15) is 24.0 Å². The van der Waals surface area contributed by atoms with Gasteiger partial charge in [-0.2, -0.15) is 0 Å². The molecule has 1 aromatic carbocycles. The Bertz CT molecular complexity index is 727. The van der Waals surface area contributed by atoms with Crippen LogP contribution < -0.4 is 20.3 Å². The lowest BCUT2D eigenvalue weighted by molar-refractivity contribution is 0.322. The molecule has 3 rings (SSSR count). The lowest BCUT2D eigenvalue weighted by Gasteiger charge is -2.16. The number of halogens is 1. The van der Waals surface area contributed by atoms with Crippen molar-refractivity contribution in [3.8, 4) is 5.75 Å². The van der Waals surface area contributed by atoms with Crippen LogP contribution in [0, 0.1) is 6.92 Å². The van der Waals surface area contributed by atoms with Gasteiger partial charge in [0.1, 0.15) is 18.2 Å². The molecule has 2 N–H and O–H groups in total. The minimum Gasteiger partial charge on any atom is -0.492 e. The molecule has 1 aliphatic rings. The van der Waals surface area contributed by atoms with Gasteiger partial charge in [-0.25, -0.2) is 4.98 Å². The van der Waals surface area contributed by atoms with E-state index in [0.29, 0.717) is 19.7 Å². The number of ether oxygens (including phenoxy) is 1. The van der Waals surface area contributed by atoms with E-state index < -0.39 is 0 Å². The molecule has 1 aliphatic heterocycles. The lowest BCUT2D eigenvalue weighted by atomic mass is 10.2. The average molecular weight is 495 g/mol. The Morgan fingerprint density at radius 2 is 1.86 bits per heavy atom. The molecule has 0 spiro atoms. The van der Waals surface area contributed by atoms with Crippen LogP contribution >= 0.6 is 24.0 Å². The number of hydrogen-bond donors (Lipinski definition) is 2. The number of aromatic nitrogens is 1. The first-order valence-electron chi connectivity index (χ1n) is 9.58. The number of anilines is 1. The Kier molecular flexibility index (Phi) is 9.33. The van der Waals surface area contributed by atoms with E-state index in [-0.39, 0.29) is 24.0 Å². The van der Waals surface area contributed by atoms with Crippen molar-refractivity contribution in [2.45, 2.75) is 26.3 Å². The van der Waals surface area contributed by atoms with Crippen LogP contribution in [0.15, 0.2) is 47.6 Å². The van der Waals surface area contributed by atoms with Gasteiger partial charge in [-0.1, -0.05) is 23.8 Å². The summed E-state index contributed by atoms with van der Waals surface area (Å²) in [5, 5.41) is 6.57. The Labute approximate surface area is 184 Å². The van der Waals surface area contributed by atoms with Crippen LogP contribution in [0.2, 0.25) is 0 Å². The van der Waals surface area contributed by atoms with E-state index in [2.05, 4.69) is 44.6 Å². The van der Waals surface area contributed by atoms with E-state index in [9.17, 15) is 0 Å². The summed E-state index contributed by atoms with van der Waals surface area (Å²) in [5.41, 5.74) is 2.37. The maximum atomic E-state index is 5.72. The predicted molar refractivity (Wildman–Crippen MR) is 126 cm³/mol. The molecule has 1 fully saturated rings. The van der Waals surface area contributed by atoms with Crippen molar-refractivity contribution in [1.82, 2.24) is 15.6 Å². The van der Waals surface area contributed by atoms with E-state index in [1.165, 1.54) is 18.4 Å². The molecule has 0 radical (unpaired) electrons. The highest BCUT2D eigenvalue weighted by Gasteiger charge is 2.12. The van der Waals surface area contributed by atoms with Crippen LogP contribution in [0.4, 0.5) is 5.82 Å². The molecule has 0 saturated carbocycles. The second-order valence-electron chi connectivity index (χ2n) is 6.73. The van der Waals surface area contributed by atoms with Gasteiger partial charge in [0.25, 0.3) is 0 Å². The summed E-state index contributed by atoms with van der Waals surface area (Å²) >= 11 is 0. The fraction of sp³-hybridized carbons (Fsp3) is 0.429. The van der Waals surface area contributed by atoms with Gasteiger partial charge in [0.05, 0.1) is 6.54 Å². The van der Waals surface area contributed by atoms with Gasteiger partial charge >= 0.3 is 0 Å². The molecule has 0 unspecified atom stereocenters. The summed E-state index contributed by atoms with van der Waals surface area (Å²) in [5.74, 6) is 2.72. The molecular weight excluding hydrogens is 465 g/mol. The number of benzene rings is 1. The van der Waals surface area contributed by atoms with Gasteiger partial charge < -0.3 is 20.3 Å². The number of nitrogens with one attached hydrogen (secondary N) is 2. The molecule has 0 amide bonds. The molecule has 1 saturated heterocycles. The Morgan fingerprint density at radius 1 is 1.11 bits per heavy atom. The third kappa shape index (κ3) is 6.85. The molecular formula is C21H30IN5O. The molecule has 6 nitrogen and oxygen atoms in total. The fourth-order valence-corrected chi connectivity index (χ4v) is 3.03. The maximum Gasteiger partial charge on any atom is 0.191 e. The molecule has 152 valence electrons. The maximum absolute atomic E-state index is 5.72. The first-order valence-corrected chi connectivity index (χ1v) is 9.58. The van der Waals surface area contributed by atoms with Crippen molar-refractivity contribution in [3.05, 3.63) is 53.7 Å². The van der Waals surface area contributed by atoms with Crippen LogP contribution in [-0.2, 0) is 6.54 Å². The van der Waals surface area contributed by atoms with Crippen LogP contribution in [0.5, 0.6) is 5.75 Å². The molecule has 7 heteroatoms. The monoisotopic (exact) mass is 495 g/mol. The van der Waals surface area contributed by atoms with Crippen molar-refractivity contribution >= 4 is 35.8 Å². The summed E-state index contributed by atoms with van der Waals surface area (Å²) in [4.78, 5) is 11.2. The number of aliphatic imine (C=N–C) groups is 1. The van der Waals surface area contributed by atoms with Crippen LogP contribution in [0.3, 0.4) is 0 Å². The summed E-state index contributed by atoms with van der Waals surface area (Å²) in [6.45, 7) is 6.25. The molecule has 2 aromatic rings. The third-order valence-corrected chi connectivity index (χ3v) is 4.61. The average Bonchev–Trinajstić information content (AvgIpc) is 3.24. The molecule has 2 heterocycles. The van der Waals surface area contributed by atoms with Gasteiger partial charge in [-0.05, 0) is 43.5 Å². The number of hydrogen-bond acceptors (Lipinski definition) is 4. The number of rotatable bonds is 7. The highest BCUT2D eigenvalue weighted by Crippen LogP contribution is 2.17. The number of aryl methyl sites for hydroxylation is 1. The highest BCUT2D eigenvalue weighted by molar-refractivity contribution is 14.0. The normalized spacial score (nSPS) is 13.8. The van der Waals surface area contributed by atoms with E-state index >= 15 is 0 Å². The standard InChI is InChI=1S/C21H29N5O.HI/c1-17-5-8-19(9-6-17)27-14-11-23-21(22-2)25-16-18-7-10-20(24-15-18)26-12-3-4-13-26;/h5-10,15H,3-4,11-14,16H2,1-2H3,(H2,22,23,25);1H. The predicted octanol–water partition coefficient (Wildman–Crippen LogP) is 3.35. The zero-order valence-electron chi connectivity index (χ0n) is 16.6. The van der Waals surface area contributed by atoms with Gasteiger partial charge in [0, 0.05) is 32.9 Å². The van der Waals surface area contributed by atoms with E-state index in [4.69, 9.17) is 4.74 Å². The fourth-order valence-electron chi connectivity index (χ4n) is 3.03. The largest absolute Gasteiger partial charge is 0.492 e. The van der Waals surface area contributed by atoms with E-state index in [1.54, 1.807) is 7.05 Å². The first-order chi connectivity index (χ1) is 13.2. The van der Waals surface area contributed by atoms with Gasteiger partial charge in [-0.15, -0.1) is 24.0 Å². The topological polar surface area (TPSA) is 61.8 Å². The SMILES string of the molecule is CN=C(NCCOc1ccc(C)cc1)NCc1ccc(N2CCCC2)nc1.I.